The van der Waals surface area contributed by atoms with Crippen LogP contribution in [0.4, 0.5) is 5.69 Å². The Balaban J connectivity index is 0.00000144. The van der Waals surface area contributed by atoms with Gasteiger partial charge in [0.2, 0.25) is 5.91 Å². The van der Waals surface area contributed by atoms with Crippen LogP contribution >= 0.6 is 24.8 Å². The van der Waals surface area contributed by atoms with Crippen molar-refractivity contribution in [1.29, 1.82) is 0 Å². The zero-order valence-electron chi connectivity index (χ0n) is 10.5. The lowest BCUT2D eigenvalue weighted by Crippen LogP contribution is -2.48. The van der Waals surface area contributed by atoms with Crippen LogP contribution in [-0.2, 0) is 4.79 Å². The second kappa shape index (κ2) is 7.56. The zero-order chi connectivity index (χ0) is 11.5. The Hall–Kier alpha value is -0.840. The van der Waals surface area contributed by atoms with Gasteiger partial charge in [0.05, 0.1) is 0 Å². The van der Waals surface area contributed by atoms with Crippen molar-refractivity contribution in [2.75, 3.05) is 18.4 Å². The van der Waals surface area contributed by atoms with Crippen LogP contribution in [0.15, 0.2) is 18.3 Å². The minimum atomic E-state index is 0. The molecular weight excluding hydrogens is 273 g/mol. The predicted molar refractivity (Wildman–Crippen MR) is 77.6 cm³/mol. The molecule has 1 atom stereocenters. The molecule has 2 N–H and O–H groups in total. The van der Waals surface area contributed by atoms with E-state index in [9.17, 15) is 4.79 Å². The summed E-state index contributed by atoms with van der Waals surface area (Å²) in [4.78, 5) is 16.0. The summed E-state index contributed by atoms with van der Waals surface area (Å²) >= 11 is 0. The van der Waals surface area contributed by atoms with Gasteiger partial charge in [-0.25, -0.2) is 0 Å². The Labute approximate surface area is 120 Å². The lowest BCUT2D eigenvalue weighted by atomic mass is 9.88. The molecular formula is C12H19Cl2N3O. The summed E-state index contributed by atoms with van der Waals surface area (Å²) in [6, 6.07) is 3.69. The van der Waals surface area contributed by atoms with Crippen molar-refractivity contribution in [2.24, 2.45) is 11.8 Å². The standard InChI is InChI=1S/C12H17N3O.2ClH/c1-8-5-11(3-4-14-8)15-12(16)9(2)10-6-13-7-10;;/h3-5,9-10,13H,6-7H2,1-2H3,(H,14,15,16);2*1H. The monoisotopic (exact) mass is 291 g/mol. The van der Waals surface area contributed by atoms with Crippen molar-refractivity contribution in [3.63, 3.8) is 0 Å². The van der Waals surface area contributed by atoms with Crippen molar-refractivity contribution in [2.45, 2.75) is 13.8 Å². The first-order chi connectivity index (χ1) is 7.66. The fourth-order valence-electron chi connectivity index (χ4n) is 1.76. The highest BCUT2D eigenvalue weighted by Gasteiger charge is 2.28. The van der Waals surface area contributed by atoms with Crippen LogP contribution in [0.1, 0.15) is 12.6 Å². The van der Waals surface area contributed by atoms with Gasteiger partial charge in [-0.1, -0.05) is 6.92 Å². The molecule has 102 valence electrons. The molecule has 1 aliphatic heterocycles. The first-order valence-electron chi connectivity index (χ1n) is 5.61. The van der Waals surface area contributed by atoms with E-state index in [1.807, 2.05) is 26.0 Å². The molecule has 1 aromatic rings. The van der Waals surface area contributed by atoms with Gasteiger partial charge in [-0.3, -0.25) is 9.78 Å². The van der Waals surface area contributed by atoms with Crippen LogP contribution in [0.3, 0.4) is 0 Å². The van der Waals surface area contributed by atoms with E-state index in [-0.39, 0.29) is 36.6 Å². The Kier molecular flexibility index (Phi) is 7.21. The van der Waals surface area contributed by atoms with Crippen LogP contribution in [0.5, 0.6) is 0 Å². The molecule has 0 bridgehead atoms. The molecule has 1 aromatic heterocycles. The van der Waals surface area contributed by atoms with Gasteiger partial charge < -0.3 is 10.6 Å². The van der Waals surface area contributed by atoms with Crippen molar-refractivity contribution >= 4 is 36.4 Å². The van der Waals surface area contributed by atoms with E-state index >= 15 is 0 Å². The number of hydrogen-bond donors (Lipinski definition) is 2. The fraction of sp³-hybridized carbons (Fsp3) is 0.500. The number of carbonyl (C=O) groups excluding carboxylic acids is 1. The van der Waals surface area contributed by atoms with Crippen LogP contribution in [0, 0.1) is 18.8 Å². The van der Waals surface area contributed by atoms with E-state index in [0.29, 0.717) is 5.92 Å². The Morgan fingerprint density at radius 1 is 1.50 bits per heavy atom. The molecule has 18 heavy (non-hydrogen) atoms. The molecule has 1 fully saturated rings. The van der Waals surface area contributed by atoms with Gasteiger partial charge in [0.1, 0.15) is 0 Å². The third-order valence-corrected chi connectivity index (χ3v) is 3.10. The highest BCUT2D eigenvalue weighted by atomic mass is 35.5. The SMILES string of the molecule is Cc1cc(NC(=O)C(C)C2CNC2)ccn1.Cl.Cl. The minimum Gasteiger partial charge on any atom is -0.326 e. The Bertz CT molecular complexity index is 397. The van der Waals surface area contributed by atoms with Gasteiger partial charge in [-0.05, 0) is 38.1 Å². The van der Waals surface area contributed by atoms with Crippen LogP contribution in [0.2, 0.25) is 0 Å². The number of nitrogens with zero attached hydrogens (tertiary/aromatic N) is 1. The normalized spacial score (nSPS) is 15.7. The van der Waals surface area contributed by atoms with E-state index in [4.69, 9.17) is 0 Å². The number of anilines is 1. The molecule has 4 nitrogen and oxygen atoms in total. The second-order valence-corrected chi connectivity index (χ2v) is 4.38. The lowest BCUT2D eigenvalue weighted by Gasteiger charge is -2.31. The van der Waals surface area contributed by atoms with Crippen LogP contribution in [0.25, 0.3) is 0 Å². The van der Waals surface area contributed by atoms with Gasteiger partial charge in [-0.15, -0.1) is 24.8 Å². The smallest absolute Gasteiger partial charge is 0.227 e. The number of pyridine rings is 1. The number of carbonyl (C=O) groups is 1. The van der Waals surface area contributed by atoms with Crippen LogP contribution < -0.4 is 10.6 Å². The molecule has 1 amide bonds. The molecule has 0 aliphatic carbocycles. The molecule has 0 aromatic carbocycles. The number of hydrogen-bond acceptors (Lipinski definition) is 3. The summed E-state index contributed by atoms with van der Waals surface area (Å²) in [5, 5.41) is 6.10. The average Bonchev–Trinajstić information content (AvgIpc) is 2.14. The van der Waals surface area contributed by atoms with Crippen molar-refractivity contribution in [3.05, 3.63) is 24.0 Å². The highest BCUT2D eigenvalue weighted by Crippen LogP contribution is 2.18. The van der Waals surface area contributed by atoms with Crippen LogP contribution in [-0.4, -0.2) is 24.0 Å². The molecule has 1 unspecified atom stereocenters. The molecule has 0 saturated carbocycles. The maximum absolute atomic E-state index is 11.9. The number of halogens is 2. The number of aryl methyl sites for hydroxylation is 1. The second-order valence-electron chi connectivity index (χ2n) is 4.38. The maximum atomic E-state index is 11.9. The minimum absolute atomic E-state index is 0. The number of amides is 1. The molecule has 0 spiro atoms. The van der Waals surface area contributed by atoms with Gasteiger partial charge in [0.15, 0.2) is 0 Å². The van der Waals surface area contributed by atoms with E-state index in [2.05, 4.69) is 15.6 Å². The molecule has 1 saturated heterocycles. The van der Waals surface area contributed by atoms with Gasteiger partial charge in [0.25, 0.3) is 0 Å². The van der Waals surface area contributed by atoms with Gasteiger partial charge in [-0.2, -0.15) is 0 Å². The number of rotatable bonds is 3. The zero-order valence-corrected chi connectivity index (χ0v) is 12.1. The first-order valence-corrected chi connectivity index (χ1v) is 5.61. The molecule has 2 heterocycles. The van der Waals surface area contributed by atoms with E-state index < -0.39 is 0 Å². The third-order valence-electron chi connectivity index (χ3n) is 3.10. The van der Waals surface area contributed by atoms with E-state index in [1.165, 1.54) is 0 Å². The first kappa shape index (κ1) is 17.2. The Morgan fingerprint density at radius 2 is 2.17 bits per heavy atom. The summed E-state index contributed by atoms with van der Waals surface area (Å²) in [7, 11) is 0. The third kappa shape index (κ3) is 4.12. The molecule has 6 heteroatoms. The van der Waals surface area contributed by atoms with Crippen molar-refractivity contribution in [1.82, 2.24) is 10.3 Å². The summed E-state index contributed by atoms with van der Waals surface area (Å²) < 4.78 is 0. The summed E-state index contributed by atoms with van der Waals surface area (Å²) in [6.45, 7) is 5.79. The lowest BCUT2D eigenvalue weighted by molar-refractivity contribution is -0.121. The van der Waals surface area contributed by atoms with E-state index in [0.717, 1.165) is 24.5 Å². The molecule has 2 rings (SSSR count). The van der Waals surface area contributed by atoms with Gasteiger partial charge >= 0.3 is 0 Å². The molecule has 1 aliphatic rings. The predicted octanol–water partition coefficient (Wildman–Crippen LogP) is 2.03. The largest absolute Gasteiger partial charge is 0.326 e. The summed E-state index contributed by atoms with van der Waals surface area (Å²) in [6.07, 6.45) is 1.71. The quantitative estimate of drug-likeness (QED) is 0.896. The highest BCUT2D eigenvalue weighted by molar-refractivity contribution is 5.92. The topological polar surface area (TPSA) is 54.0 Å². The van der Waals surface area contributed by atoms with E-state index in [1.54, 1.807) is 6.20 Å². The number of aromatic nitrogens is 1. The van der Waals surface area contributed by atoms with Gasteiger partial charge in [0, 0.05) is 23.5 Å². The molecule has 0 radical (unpaired) electrons. The number of nitrogens with one attached hydrogen (secondary N) is 2. The average molecular weight is 292 g/mol. The summed E-state index contributed by atoms with van der Waals surface area (Å²) in [5.74, 6) is 0.634. The fourth-order valence-corrected chi connectivity index (χ4v) is 1.76. The van der Waals surface area contributed by atoms with Crippen molar-refractivity contribution in [3.8, 4) is 0 Å². The maximum Gasteiger partial charge on any atom is 0.227 e. The Morgan fingerprint density at radius 3 is 2.67 bits per heavy atom. The summed E-state index contributed by atoms with van der Waals surface area (Å²) in [5.41, 5.74) is 1.74. The van der Waals surface area contributed by atoms with Crippen molar-refractivity contribution < 1.29 is 4.79 Å².